The molecule has 0 rings (SSSR count). The first-order valence-corrected chi connectivity index (χ1v) is 7.22. The van der Waals surface area contributed by atoms with E-state index in [1.807, 2.05) is 0 Å². The largest absolute Gasteiger partial charge is 0.481 e. The molecule has 2 N–H and O–H groups in total. The second-order valence-electron chi connectivity index (χ2n) is 5.98. The summed E-state index contributed by atoms with van der Waals surface area (Å²) < 4.78 is 0.897. The van der Waals surface area contributed by atoms with Crippen LogP contribution < -0.4 is 5.32 Å². The van der Waals surface area contributed by atoms with Crippen molar-refractivity contribution < 1.29 is 19.2 Å². The second kappa shape index (κ2) is 9.53. The van der Waals surface area contributed by atoms with Crippen molar-refractivity contribution in [3.63, 3.8) is 0 Å². The topological polar surface area (TPSA) is 66.4 Å². The van der Waals surface area contributed by atoms with Gasteiger partial charge in [0.15, 0.2) is 0 Å². The minimum absolute atomic E-state index is 0.0765. The molecule has 20 heavy (non-hydrogen) atoms. The van der Waals surface area contributed by atoms with Crippen molar-refractivity contribution in [2.24, 2.45) is 0 Å². The quantitative estimate of drug-likeness (QED) is 0.345. The van der Waals surface area contributed by atoms with E-state index in [1.54, 1.807) is 6.92 Å². The average molecular weight is 285 g/mol. The van der Waals surface area contributed by atoms with Crippen LogP contribution in [0, 0.1) is 0 Å². The van der Waals surface area contributed by atoms with Crippen molar-refractivity contribution in [2.75, 3.05) is 33.7 Å². The minimum Gasteiger partial charge on any atom is -0.481 e. The summed E-state index contributed by atoms with van der Waals surface area (Å²) in [5.41, 5.74) is 0.541. The molecule has 0 spiro atoms. The number of unbranched alkanes of at least 4 members (excludes halogenated alkanes) is 2. The molecule has 0 saturated carbocycles. The first kappa shape index (κ1) is 18.6. The number of hydrogen-bond donors (Lipinski definition) is 2. The van der Waals surface area contributed by atoms with Crippen LogP contribution in [-0.4, -0.2) is 55.2 Å². The number of quaternary nitrogens is 1. The van der Waals surface area contributed by atoms with E-state index in [0.29, 0.717) is 12.1 Å². The smallest absolute Gasteiger partial charge is 0.303 e. The zero-order valence-corrected chi connectivity index (χ0v) is 13.1. The molecule has 0 saturated heterocycles. The molecule has 0 atom stereocenters. The Hall–Kier alpha value is -1.36. The van der Waals surface area contributed by atoms with Gasteiger partial charge in [-0.2, -0.15) is 0 Å². The van der Waals surface area contributed by atoms with Crippen molar-refractivity contribution in [1.29, 1.82) is 0 Å². The lowest BCUT2D eigenvalue weighted by atomic mass is 10.2. The molecular weight excluding hydrogens is 256 g/mol. The fourth-order valence-electron chi connectivity index (χ4n) is 1.95. The van der Waals surface area contributed by atoms with Crippen molar-refractivity contribution in [3.8, 4) is 0 Å². The third-order valence-corrected chi connectivity index (χ3v) is 3.27. The van der Waals surface area contributed by atoms with Crippen LogP contribution in [0.2, 0.25) is 0 Å². The van der Waals surface area contributed by atoms with Gasteiger partial charge in [-0.1, -0.05) is 6.58 Å². The van der Waals surface area contributed by atoms with E-state index in [1.165, 1.54) is 0 Å². The zero-order valence-electron chi connectivity index (χ0n) is 13.1. The number of rotatable bonds is 11. The van der Waals surface area contributed by atoms with Crippen LogP contribution in [0.5, 0.6) is 0 Å². The first-order valence-electron chi connectivity index (χ1n) is 7.22. The molecule has 0 aliphatic heterocycles. The number of nitrogens with one attached hydrogen (secondary N) is 1. The Labute approximate surface area is 122 Å². The maximum absolute atomic E-state index is 11.3. The van der Waals surface area contributed by atoms with E-state index in [2.05, 4.69) is 26.0 Å². The lowest BCUT2D eigenvalue weighted by Gasteiger charge is -2.29. The molecule has 0 radical (unpaired) electrons. The van der Waals surface area contributed by atoms with E-state index in [4.69, 9.17) is 5.11 Å². The maximum Gasteiger partial charge on any atom is 0.303 e. The van der Waals surface area contributed by atoms with E-state index in [-0.39, 0.29) is 12.3 Å². The highest BCUT2D eigenvalue weighted by atomic mass is 16.4. The minimum atomic E-state index is -0.719. The number of aliphatic carboxylic acids is 1. The summed E-state index contributed by atoms with van der Waals surface area (Å²) in [6, 6.07) is 0. The van der Waals surface area contributed by atoms with Crippen molar-refractivity contribution in [2.45, 2.75) is 39.0 Å². The standard InChI is InChI=1S/C15H28N2O3/c1-13(2)15(20)16-10-6-8-12-17(3,4)11-7-5-9-14(18)19/h1,5-12H2,2-4H3,(H-,16,18,19,20)/p+1. The highest BCUT2D eigenvalue weighted by Gasteiger charge is 2.14. The van der Waals surface area contributed by atoms with E-state index < -0.39 is 5.97 Å². The molecule has 0 bridgehead atoms. The lowest BCUT2D eigenvalue weighted by molar-refractivity contribution is -0.890. The maximum atomic E-state index is 11.3. The molecule has 0 aromatic rings. The molecule has 0 fully saturated rings. The highest BCUT2D eigenvalue weighted by molar-refractivity contribution is 5.91. The van der Waals surface area contributed by atoms with Crippen LogP contribution >= 0.6 is 0 Å². The fraction of sp³-hybridized carbons (Fsp3) is 0.733. The molecule has 5 nitrogen and oxygen atoms in total. The van der Waals surface area contributed by atoms with Gasteiger partial charge >= 0.3 is 5.97 Å². The number of amides is 1. The number of carboxylic acids is 1. The van der Waals surface area contributed by atoms with E-state index in [0.717, 1.165) is 43.3 Å². The Morgan fingerprint density at radius 1 is 1.10 bits per heavy atom. The van der Waals surface area contributed by atoms with Crippen LogP contribution in [0.15, 0.2) is 12.2 Å². The Kier molecular flexibility index (Phi) is 8.88. The van der Waals surface area contributed by atoms with Gasteiger partial charge in [0.1, 0.15) is 0 Å². The summed E-state index contributed by atoms with van der Waals surface area (Å²) in [5, 5.41) is 11.4. The Balaban J connectivity index is 3.63. The van der Waals surface area contributed by atoms with Crippen molar-refractivity contribution in [3.05, 3.63) is 12.2 Å². The molecule has 116 valence electrons. The normalized spacial score (nSPS) is 11.2. The number of nitrogens with zero attached hydrogens (tertiary/aromatic N) is 1. The number of hydrogen-bond acceptors (Lipinski definition) is 2. The van der Waals surface area contributed by atoms with Gasteiger partial charge < -0.3 is 14.9 Å². The summed E-state index contributed by atoms with van der Waals surface area (Å²) in [5.74, 6) is -0.795. The summed E-state index contributed by atoms with van der Waals surface area (Å²) in [6.07, 6.45) is 3.93. The predicted molar refractivity (Wildman–Crippen MR) is 80.4 cm³/mol. The second-order valence-corrected chi connectivity index (χ2v) is 5.98. The summed E-state index contributed by atoms with van der Waals surface area (Å²) >= 11 is 0. The molecule has 0 aliphatic carbocycles. The summed E-state index contributed by atoms with van der Waals surface area (Å²) in [7, 11) is 4.32. The van der Waals surface area contributed by atoms with E-state index >= 15 is 0 Å². The lowest BCUT2D eigenvalue weighted by Crippen LogP contribution is -2.41. The van der Waals surface area contributed by atoms with Gasteiger partial charge in [-0.25, -0.2) is 0 Å². The summed E-state index contributed by atoms with van der Waals surface area (Å²) in [6.45, 7) is 8.01. The highest BCUT2D eigenvalue weighted by Crippen LogP contribution is 2.06. The average Bonchev–Trinajstić information content (AvgIpc) is 2.33. The fourth-order valence-corrected chi connectivity index (χ4v) is 1.95. The van der Waals surface area contributed by atoms with Gasteiger partial charge in [-0.15, -0.1) is 0 Å². The van der Waals surface area contributed by atoms with Crippen molar-refractivity contribution >= 4 is 11.9 Å². The van der Waals surface area contributed by atoms with Crippen LogP contribution in [0.3, 0.4) is 0 Å². The monoisotopic (exact) mass is 285 g/mol. The molecule has 0 aliphatic rings. The molecular formula is C15H29N2O3+. The predicted octanol–water partition coefficient (Wildman–Crippen LogP) is 1.79. The molecule has 0 aromatic carbocycles. The molecule has 0 unspecified atom stereocenters. The number of carbonyl (C=O) groups excluding carboxylic acids is 1. The van der Waals surface area contributed by atoms with Crippen LogP contribution in [0.4, 0.5) is 0 Å². The van der Waals surface area contributed by atoms with Crippen LogP contribution in [0.25, 0.3) is 0 Å². The Bertz CT molecular complexity index is 338. The number of carboxylic acid groups (broad SMARTS) is 1. The third kappa shape index (κ3) is 10.6. The Morgan fingerprint density at radius 2 is 1.65 bits per heavy atom. The van der Waals surface area contributed by atoms with Crippen molar-refractivity contribution in [1.82, 2.24) is 5.32 Å². The third-order valence-electron chi connectivity index (χ3n) is 3.27. The zero-order chi connectivity index (χ0) is 15.6. The van der Waals surface area contributed by atoms with Gasteiger partial charge in [0.2, 0.25) is 5.91 Å². The SMILES string of the molecule is C=C(C)C(=O)NCCCC[N+](C)(C)CCCCC(=O)O. The van der Waals surface area contributed by atoms with Crippen LogP contribution in [0.1, 0.15) is 39.0 Å². The van der Waals surface area contributed by atoms with Gasteiger partial charge in [-0.05, 0) is 32.6 Å². The van der Waals surface area contributed by atoms with Gasteiger partial charge in [-0.3, -0.25) is 9.59 Å². The van der Waals surface area contributed by atoms with E-state index in [9.17, 15) is 9.59 Å². The van der Waals surface area contributed by atoms with Gasteiger partial charge in [0.25, 0.3) is 0 Å². The van der Waals surface area contributed by atoms with Gasteiger partial charge in [0.05, 0.1) is 27.2 Å². The first-order chi connectivity index (χ1) is 9.24. The summed E-state index contributed by atoms with van der Waals surface area (Å²) in [4.78, 5) is 21.7. The van der Waals surface area contributed by atoms with Gasteiger partial charge in [0, 0.05) is 18.5 Å². The Morgan fingerprint density at radius 3 is 2.15 bits per heavy atom. The number of carbonyl (C=O) groups is 2. The molecule has 1 amide bonds. The molecule has 0 aromatic heterocycles. The van der Waals surface area contributed by atoms with Crippen LogP contribution in [-0.2, 0) is 9.59 Å². The molecule has 5 heteroatoms. The molecule has 0 heterocycles.